The Morgan fingerprint density at radius 1 is 1.08 bits per heavy atom. The number of carbonyl (C=O) groups excluding carboxylic acids is 2. The number of hydrogen-bond acceptors (Lipinski definition) is 6. The van der Waals surface area contributed by atoms with E-state index in [2.05, 4.69) is 0 Å². The molecule has 7 heteroatoms. The standard InChI is InChI=1S/C19H21NO5S/c1-23-12-6-7-13(15(11-12)24-2)14-5-4-10-20(14)18(21)16-8-9-17(26-16)19(22)25-3/h6-9,11,14H,4-5,10H2,1-3H3/t14-/m1/s1. The van der Waals surface area contributed by atoms with Crippen LogP contribution < -0.4 is 9.47 Å². The first-order valence-corrected chi connectivity index (χ1v) is 9.11. The number of carbonyl (C=O) groups is 2. The molecule has 6 nitrogen and oxygen atoms in total. The van der Waals surface area contributed by atoms with E-state index in [1.165, 1.54) is 7.11 Å². The van der Waals surface area contributed by atoms with Crippen LogP contribution >= 0.6 is 11.3 Å². The van der Waals surface area contributed by atoms with Gasteiger partial charge >= 0.3 is 5.97 Å². The van der Waals surface area contributed by atoms with Gasteiger partial charge in [0.25, 0.3) is 5.91 Å². The lowest BCUT2D eigenvalue weighted by atomic mass is 10.0. The van der Waals surface area contributed by atoms with Crippen LogP contribution in [0, 0.1) is 0 Å². The molecule has 0 saturated carbocycles. The highest BCUT2D eigenvalue weighted by Crippen LogP contribution is 2.39. The van der Waals surface area contributed by atoms with E-state index in [1.54, 1.807) is 26.4 Å². The van der Waals surface area contributed by atoms with Crippen LogP contribution in [0.4, 0.5) is 0 Å². The molecule has 1 fully saturated rings. The minimum atomic E-state index is -0.427. The first-order valence-electron chi connectivity index (χ1n) is 8.30. The average Bonchev–Trinajstić information content (AvgIpc) is 3.35. The molecule has 0 bridgehead atoms. The average molecular weight is 375 g/mol. The molecule has 2 aromatic rings. The largest absolute Gasteiger partial charge is 0.497 e. The molecule has 1 saturated heterocycles. The van der Waals surface area contributed by atoms with Gasteiger partial charge in [0.1, 0.15) is 16.4 Å². The number of likely N-dealkylation sites (tertiary alicyclic amines) is 1. The van der Waals surface area contributed by atoms with Crippen molar-refractivity contribution >= 4 is 23.2 Å². The van der Waals surface area contributed by atoms with Gasteiger partial charge in [-0.25, -0.2) is 4.79 Å². The molecule has 138 valence electrons. The molecular formula is C19H21NO5S. The van der Waals surface area contributed by atoms with E-state index in [1.807, 2.05) is 23.1 Å². The molecule has 1 aromatic carbocycles. The lowest BCUT2D eigenvalue weighted by Gasteiger charge is -2.26. The Labute approximate surface area is 156 Å². The summed E-state index contributed by atoms with van der Waals surface area (Å²) in [5.74, 6) is 0.910. The highest BCUT2D eigenvalue weighted by Gasteiger charge is 2.33. The fourth-order valence-corrected chi connectivity index (χ4v) is 4.11. The highest BCUT2D eigenvalue weighted by molar-refractivity contribution is 7.15. The first-order chi connectivity index (χ1) is 12.6. The van der Waals surface area contributed by atoms with Gasteiger partial charge in [0, 0.05) is 18.2 Å². The molecule has 1 atom stereocenters. The second-order valence-electron chi connectivity index (χ2n) is 5.92. The molecule has 0 aliphatic carbocycles. The van der Waals surface area contributed by atoms with Crippen LogP contribution in [-0.4, -0.2) is 44.7 Å². The van der Waals surface area contributed by atoms with E-state index >= 15 is 0 Å². The van der Waals surface area contributed by atoms with Crippen LogP contribution in [0.1, 0.15) is 43.8 Å². The molecule has 2 heterocycles. The van der Waals surface area contributed by atoms with Crippen molar-refractivity contribution in [1.82, 2.24) is 4.90 Å². The predicted octanol–water partition coefficient (Wildman–Crippen LogP) is 3.53. The molecule has 0 spiro atoms. The number of rotatable bonds is 5. The number of ether oxygens (including phenoxy) is 3. The molecule has 3 rings (SSSR count). The quantitative estimate of drug-likeness (QED) is 0.748. The maximum absolute atomic E-state index is 13.0. The topological polar surface area (TPSA) is 65.1 Å². The Morgan fingerprint density at radius 3 is 2.54 bits per heavy atom. The van der Waals surface area contributed by atoms with Crippen LogP contribution in [0.15, 0.2) is 30.3 Å². The summed E-state index contributed by atoms with van der Waals surface area (Å²) in [7, 11) is 4.55. The number of benzene rings is 1. The minimum Gasteiger partial charge on any atom is -0.497 e. The number of hydrogen-bond donors (Lipinski definition) is 0. The molecule has 1 aliphatic heterocycles. The van der Waals surface area contributed by atoms with Crippen molar-refractivity contribution in [2.24, 2.45) is 0 Å². The SMILES string of the molecule is COC(=O)c1ccc(C(=O)N2CCC[C@@H]2c2ccc(OC)cc2OC)s1. The normalized spacial score (nSPS) is 16.4. The van der Waals surface area contributed by atoms with Crippen molar-refractivity contribution in [1.29, 1.82) is 0 Å². The van der Waals surface area contributed by atoms with E-state index in [-0.39, 0.29) is 11.9 Å². The van der Waals surface area contributed by atoms with Crippen LogP contribution in [0.3, 0.4) is 0 Å². The molecule has 26 heavy (non-hydrogen) atoms. The van der Waals surface area contributed by atoms with Gasteiger partial charge in [-0.3, -0.25) is 4.79 Å². The minimum absolute atomic E-state index is 0.0629. The number of amides is 1. The van der Waals surface area contributed by atoms with Gasteiger partial charge in [-0.15, -0.1) is 11.3 Å². The van der Waals surface area contributed by atoms with Crippen molar-refractivity contribution in [3.63, 3.8) is 0 Å². The van der Waals surface area contributed by atoms with Crippen molar-refractivity contribution in [3.05, 3.63) is 45.6 Å². The van der Waals surface area contributed by atoms with Crippen molar-refractivity contribution in [2.45, 2.75) is 18.9 Å². The van der Waals surface area contributed by atoms with E-state index in [0.717, 1.165) is 29.7 Å². The Bertz CT molecular complexity index is 816. The summed E-state index contributed by atoms with van der Waals surface area (Å²) in [4.78, 5) is 27.4. The summed E-state index contributed by atoms with van der Waals surface area (Å²) < 4.78 is 15.5. The molecule has 1 amide bonds. The van der Waals surface area contributed by atoms with E-state index < -0.39 is 5.97 Å². The highest BCUT2D eigenvalue weighted by atomic mass is 32.1. The third-order valence-electron chi connectivity index (χ3n) is 4.52. The number of methoxy groups -OCH3 is 3. The summed E-state index contributed by atoms with van der Waals surface area (Å²) in [5.41, 5.74) is 0.962. The second kappa shape index (κ2) is 7.78. The molecular weight excluding hydrogens is 354 g/mol. The lowest BCUT2D eigenvalue weighted by Crippen LogP contribution is -2.30. The first kappa shape index (κ1) is 18.3. The van der Waals surface area contributed by atoms with Gasteiger partial charge in [0.05, 0.1) is 32.2 Å². The molecule has 0 unspecified atom stereocenters. The van der Waals surface area contributed by atoms with E-state index in [4.69, 9.17) is 14.2 Å². The van der Waals surface area contributed by atoms with Gasteiger partial charge in [0.15, 0.2) is 0 Å². The Balaban J connectivity index is 1.87. The number of thiophene rings is 1. The van der Waals surface area contributed by atoms with Crippen molar-refractivity contribution in [3.8, 4) is 11.5 Å². The van der Waals surface area contributed by atoms with Gasteiger partial charge < -0.3 is 19.1 Å². The van der Waals surface area contributed by atoms with Gasteiger partial charge in [0.2, 0.25) is 0 Å². The predicted molar refractivity (Wildman–Crippen MR) is 98.2 cm³/mol. The van der Waals surface area contributed by atoms with Crippen molar-refractivity contribution < 1.29 is 23.8 Å². The van der Waals surface area contributed by atoms with Gasteiger partial charge in [-0.05, 0) is 37.1 Å². The van der Waals surface area contributed by atoms with E-state index in [9.17, 15) is 9.59 Å². The zero-order valence-electron chi connectivity index (χ0n) is 15.0. The second-order valence-corrected chi connectivity index (χ2v) is 7.00. The Morgan fingerprint density at radius 2 is 1.85 bits per heavy atom. The summed E-state index contributed by atoms with van der Waals surface area (Å²) in [6.45, 7) is 0.671. The number of nitrogens with zero attached hydrogens (tertiary/aromatic N) is 1. The third kappa shape index (κ3) is 3.39. The monoisotopic (exact) mass is 375 g/mol. The summed E-state index contributed by atoms with van der Waals surface area (Å²) in [6, 6.07) is 8.90. The summed E-state index contributed by atoms with van der Waals surface area (Å²) in [5, 5.41) is 0. The fourth-order valence-electron chi connectivity index (χ4n) is 3.23. The molecule has 1 aromatic heterocycles. The fraction of sp³-hybridized carbons (Fsp3) is 0.368. The lowest BCUT2D eigenvalue weighted by molar-refractivity contribution is 0.0606. The van der Waals surface area contributed by atoms with E-state index in [0.29, 0.717) is 27.8 Å². The zero-order valence-corrected chi connectivity index (χ0v) is 15.8. The Kier molecular flexibility index (Phi) is 5.46. The van der Waals surface area contributed by atoms with Crippen LogP contribution in [0.5, 0.6) is 11.5 Å². The third-order valence-corrected chi connectivity index (χ3v) is 5.57. The summed E-state index contributed by atoms with van der Waals surface area (Å²) >= 11 is 1.16. The number of esters is 1. The molecule has 0 radical (unpaired) electrons. The molecule has 1 aliphatic rings. The molecule has 0 N–H and O–H groups in total. The van der Waals surface area contributed by atoms with Crippen LogP contribution in [0.2, 0.25) is 0 Å². The zero-order chi connectivity index (χ0) is 18.7. The maximum Gasteiger partial charge on any atom is 0.348 e. The van der Waals surface area contributed by atoms with Crippen LogP contribution in [0.25, 0.3) is 0 Å². The van der Waals surface area contributed by atoms with Crippen molar-refractivity contribution in [2.75, 3.05) is 27.9 Å². The van der Waals surface area contributed by atoms with Gasteiger partial charge in [-0.2, -0.15) is 0 Å². The summed E-state index contributed by atoms with van der Waals surface area (Å²) in [6.07, 6.45) is 1.78. The Hall–Kier alpha value is -2.54. The van der Waals surface area contributed by atoms with Gasteiger partial charge in [-0.1, -0.05) is 0 Å². The maximum atomic E-state index is 13.0. The van der Waals surface area contributed by atoms with Crippen LogP contribution in [-0.2, 0) is 4.74 Å². The smallest absolute Gasteiger partial charge is 0.348 e.